The summed E-state index contributed by atoms with van der Waals surface area (Å²) in [6.07, 6.45) is -4.46. The lowest BCUT2D eigenvalue weighted by molar-refractivity contribution is -0.153. The van der Waals surface area contributed by atoms with Crippen molar-refractivity contribution in [2.24, 2.45) is 0 Å². The highest BCUT2D eigenvalue weighted by molar-refractivity contribution is 7.90. The molecule has 0 saturated carbocycles. The van der Waals surface area contributed by atoms with E-state index in [1.165, 1.54) is 22.8 Å². The number of nitrogens with one attached hydrogen (secondary N) is 1. The Morgan fingerprint density at radius 1 is 1.35 bits per heavy atom. The summed E-state index contributed by atoms with van der Waals surface area (Å²) in [6, 6.07) is -0.496. The molecular formula is C10H14F3NOS2. The highest BCUT2D eigenvalue weighted by atomic mass is 32.2. The third-order valence-electron chi connectivity index (χ3n) is 1.98. The molecule has 0 aliphatic carbocycles. The van der Waals surface area contributed by atoms with Crippen molar-refractivity contribution in [1.82, 2.24) is 4.72 Å². The van der Waals surface area contributed by atoms with Crippen molar-refractivity contribution in [2.75, 3.05) is 0 Å². The van der Waals surface area contributed by atoms with E-state index < -0.39 is 28.3 Å². The summed E-state index contributed by atoms with van der Waals surface area (Å²) in [6.45, 7) is 4.87. The van der Waals surface area contributed by atoms with E-state index >= 15 is 0 Å². The van der Waals surface area contributed by atoms with Gasteiger partial charge in [0.15, 0.2) is 6.04 Å². The molecule has 0 spiro atoms. The monoisotopic (exact) mass is 285 g/mol. The normalized spacial score (nSPS) is 16.9. The fourth-order valence-corrected chi connectivity index (χ4v) is 2.57. The molecule has 0 aliphatic rings. The van der Waals surface area contributed by atoms with Crippen LogP contribution in [0.1, 0.15) is 32.4 Å². The topological polar surface area (TPSA) is 35.1 Å². The molecule has 0 amide bonds. The average Bonchev–Trinajstić information content (AvgIpc) is 2.62. The van der Waals surface area contributed by atoms with Crippen LogP contribution in [0.25, 0.3) is 0 Å². The number of halogens is 3. The maximum Gasteiger partial charge on any atom is 0.412 e. The Morgan fingerprint density at radius 2 is 1.94 bits per heavy atom. The largest absolute Gasteiger partial charge is 0.598 e. The summed E-state index contributed by atoms with van der Waals surface area (Å²) in [7, 11) is 0. The second-order valence-electron chi connectivity index (χ2n) is 4.53. The molecule has 1 heterocycles. The first-order valence-electron chi connectivity index (χ1n) is 4.89. The second kappa shape index (κ2) is 5.17. The lowest BCUT2D eigenvalue weighted by atomic mass is 10.1. The highest BCUT2D eigenvalue weighted by Crippen LogP contribution is 2.35. The first-order chi connectivity index (χ1) is 7.62. The highest BCUT2D eigenvalue weighted by Gasteiger charge is 2.45. The molecule has 2 atom stereocenters. The van der Waals surface area contributed by atoms with Crippen LogP contribution in [0, 0.1) is 0 Å². The van der Waals surface area contributed by atoms with Crippen LogP contribution in [0.3, 0.4) is 0 Å². The zero-order valence-electron chi connectivity index (χ0n) is 9.67. The van der Waals surface area contributed by atoms with Gasteiger partial charge in [0.1, 0.15) is 4.75 Å². The molecular weight excluding hydrogens is 271 g/mol. The van der Waals surface area contributed by atoms with Crippen LogP contribution in [0.15, 0.2) is 16.8 Å². The minimum absolute atomic E-state index is 0.0973. The smallest absolute Gasteiger partial charge is 0.412 e. The van der Waals surface area contributed by atoms with E-state index in [1.54, 1.807) is 26.2 Å². The van der Waals surface area contributed by atoms with Gasteiger partial charge in [0.2, 0.25) is 0 Å². The molecule has 98 valence electrons. The Morgan fingerprint density at radius 3 is 2.29 bits per heavy atom. The Labute approximate surface area is 106 Å². The van der Waals surface area contributed by atoms with E-state index in [4.69, 9.17) is 0 Å². The first kappa shape index (κ1) is 14.8. The van der Waals surface area contributed by atoms with Gasteiger partial charge in [0.05, 0.1) is 0 Å². The van der Waals surface area contributed by atoms with Crippen LogP contribution in [0.5, 0.6) is 0 Å². The summed E-state index contributed by atoms with van der Waals surface area (Å²) in [5, 5.41) is 2.97. The summed E-state index contributed by atoms with van der Waals surface area (Å²) in [5.74, 6) is 0. The van der Waals surface area contributed by atoms with Crippen molar-refractivity contribution in [2.45, 2.75) is 37.7 Å². The Kier molecular flexibility index (Phi) is 4.51. The van der Waals surface area contributed by atoms with E-state index in [2.05, 4.69) is 4.72 Å². The SMILES string of the molecule is CC(C)(C)[S+]([O-])N[C@@H](c1ccsc1)C(F)(F)F. The van der Waals surface area contributed by atoms with Gasteiger partial charge in [-0.2, -0.15) is 24.5 Å². The summed E-state index contributed by atoms with van der Waals surface area (Å²) in [4.78, 5) is 0. The quantitative estimate of drug-likeness (QED) is 0.864. The van der Waals surface area contributed by atoms with Crippen LogP contribution < -0.4 is 4.72 Å². The molecule has 0 aliphatic heterocycles. The fraction of sp³-hybridized carbons (Fsp3) is 0.600. The molecule has 1 rings (SSSR count). The van der Waals surface area contributed by atoms with Crippen molar-refractivity contribution < 1.29 is 17.7 Å². The van der Waals surface area contributed by atoms with Gasteiger partial charge in [-0.05, 0) is 43.2 Å². The van der Waals surface area contributed by atoms with Gasteiger partial charge in [-0.25, -0.2) is 0 Å². The molecule has 0 radical (unpaired) electrons. The van der Waals surface area contributed by atoms with Gasteiger partial charge in [0, 0.05) is 11.4 Å². The third-order valence-corrected chi connectivity index (χ3v) is 4.25. The first-order valence-corrected chi connectivity index (χ1v) is 6.98. The minimum atomic E-state index is -4.46. The Balaban J connectivity index is 2.87. The van der Waals surface area contributed by atoms with E-state index in [0.29, 0.717) is 0 Å². The number of hydrogen-bond acceptors (Lipinski definition) is 3. The summed E-state index contributed by atoms with van der Waals surface area (Å²) in [5.41, 5.74) is 0.0973. The van der Waals surface area contributed by atoms with Crippen LogP contribution in [-0.2, 0) is 11.4 Å². The predicted octanol–water partition coefficient (Wildman–Crippen LogP) is 3.40. The number of rotatable bonds is 3. The van der Waals surface area contributed by atoms with Gasteiger partial charge in [0.25, 0.3) is 0 Å². The van der Waals surface area contributed by atoms with E-state index in [0.717, 1.165) is 0 Å². The van der Waals surface area contributed by atoms with E-state index in [1.807, 2.05) is 0 Å². The van der Waals surface area contributed by atoms with Crippen LogP contribution >= 0.6 is 11.3 Å². The van der Waals surface area contributed by atoms with Gasteiger partial charge in [-0.1, -0.05) is 0 Å². The molecule has 1 N–H and O–H groups in total. The Hall–Kier alpha value is -0.240. The number of thiophene rings is 1. The van der Waals surface area contributed by atoms with Crippen molar-refractivity contribution in [1.29, 1.82) is 0 Å². The zero-order valence-corrected chi connectivity index (χ0v) is 11.3. The van der Waals surface area contributed by atoms with Gasteiger partial charge in [-0.3, -0.25) is 0 Å². The van der Waals surface area contributed by atoms with Gasteiger partial charge < -0.3 is 4.55 Å². The molecule has 1 aromatic rings. The molecule has 1 aromatic heterocycles. The molecule has 0 bridgehead atoms. The van der Waals surface area contributed by atoms with Crippen LogP contribution in [0.4, 0.5) is 13.2 Å². The third kappa shape index (κ3) is 4.17. The molecule has 0 fully saturated rings. The molecule has 0 aromatic carbocycles. The predicted molar refractivity (Wildman–Crippen MR) is 64.1 cm³/mol. The summed E-state index contributed by atoms with van der Waals surface area (Å²) >= 11 is -0.584. The molecule has 17 heavy (non-hydrogen) atoms. The standard InChI is InChI=1S/C10H14F3NOS2/c1-9(2,3)17(15)14-8(10(11,12)13)7-4-5-16-6-7/h4-6,8,14H,1-3H3/t8-,17?/m0/s1. The minimum Gasteiger partial charge on any atom is -0.598 e. The van der Waals surface area contributed by atoms with E-state index in [9.17, 15) is 17.7 Å². The zero-order chi connectivity index (χ0) is 13.3. The van der Waals surface area contributed by atoms with Crippen molar-refractivity contribution in [3.8, 4) is 0 Å². The molecule has 0 saturated heterocycles. The lowest BCUT2D eigenvalue weighted by Crippen LogP contribution is -2.45. The average molecular weight is 285 g/mol. The Bertz CT molecular complexity index is 345. The molecule has 2 nitrogen and oxygen atoms in total. The van der Waals surface area contributed by atoms with Gasteiger partial charge >= 0.3 is 6.18 Å². The maximum atomic E-state index is 12.8. The lowest BCUT2D eigenvalue weighted by Gasteiger charge is -2.28. The number of hydrogen-bond donors (Lipinski definition) is 1. The van der Waals surface area contributed by atoms with Crippen molar-refractivity contribution in [3.63, 3.8) is 0 Å². The molecule has 1 unspecified atom stereocenters. The van der Waals surface area contributed by atoms with Crippen molar-refractivity contribution >= 4 is 22.7 Å². The summed E-state index contributed by atoms with van der Waals surface area (Å²) < 4.78 is 51.7. The van der Waals surface area contributed by atoms with Crippen LogP contribution in [-0.4, -0.2) is 15.5 Å². The number of alkyl halides is 3. The maximum absolute atomic E-state index is 12.8. The molecule has 7 heteroatoms. The van der Waals surface area contributed by atoms with Gasteiger partial charge in [-0.15, -0.1) is 4.72 Å². The second-order valence-corrected chi connectivity index (χ2v) is 7.31. The fourth-order valence-electron chi connectivity index (χ4n) is 1.05. The van der Waals surface area contributed by atoms with E-state index in [-0.39, 0.29) is 5.56 Å². The van der Waals surface area contributed by atoms with Crippen LogP contribution in [0.2, 0.25) is 0 Å². The van der Waals surface area contributed by atoms with Crippen molar-refractivity contribution in [3.05, 3.63) is 22.4 Å².